The molecule has 0 aliphatic heterocycles. The number of nitrogens with zero attached hydrogens (tertiary/aromatic N) is 3. The molecule has 3 rings (SSSR count). The number of hydrogen-bond acceptors (Lipinski definition) is 2. The van der Waals surface area contributed by atoms with Crippen LogP contribution in [0.4, 0.5) is 0 Å². The summed E-state index contributed by atoms with van der Waals surface area (Å²) in [4.78, 5) is 4.09. The second kappa shape index (κ2) is 6.27. The van der Waals surface area contributed by atoms with Crippen LogP contribution in [0.15, 0.2) is 31.1 Å². The lowest BCUT2D eigenvalue weighted by atomic mass is 9.91. The van der Waals surface area contributed by atoms with Gasteiger partial charge in [0.25, 0.3) is 0 Å². The Balaban J connectivity index is 1.67. The fourth-order valence-electron chi connectivity index (χ4n) is 3.06. The van der Waals surface area contributed by atoms with Crippen LogP contribution in [0.5, 0.6) is 0 Å². The van der Waals surface area contributed by atoms with E-state index < -0.39 is 0 Å². The van der Waals surface area contributed by atoms with Gasteiger partial charge in [0.2, 0.25) is 0 Å². The molecular weight excluding hydrogens is 248 g/mol. The van der Waals surface area contributed by atoms with E-state index in [0.717, 1.165) is 19.6 Å². The maximum absolute atomic E-state index is 4.09. The molecule has 2 heterocycles. The summed E-state index contributed by atoms with van der Waals surface area (Å²) in [6.45, 7) is 5.35. The van der Waals surface area contributed by atoms with E-state index >= 15 is 0 Å². The predicted molar refractivity (Wildman–Crippen MR) is 80.6 cm³/mol. The summed E-state index contributed by atoms with van der Waals surface area (Å²) in [7, 11) is 0. The van der Waals surface area contributed by atoms with E-state index in [1.54, 1.807) is 0 Å². The quantitative estimate of drug-likeness (QED) is 0.877. The van der Waals surface area contributed by atoms with Gasteiger partial charge in [-0.15, -0.1) is 0 Å². The van der Waals surface area contributed by atoms with Crippen LogP contribution in [0.1, 0.15) is 43.4 Å². The van der Waals surface area contributed by atoms with Crippen molar-refractivity contribution in [2.45, 2.75) is 51.7 Å². The van der Waals surface area contributed by atoms with Gasteiger partial charge in [0.15, 0.2) is 0 Å². The third kappa shape index (κ3) is 2.96. The van der Waals surface area contributed by atoms with E-state index in [4.69, 9.17) is 0 Å². The van der Waals surface area contributed by atoms with Gasteiger partial charge in [-0.3, -0.25) is 0 Å². The average molecular weight is 272 g/mol. The molecule has 1 unspecified atom stereocenters. The predicted octanol–water partition coefficient (Wildman–Crippen LogP) is 2.76. The van der Waals surface area contributed by atoms with Crippen molar-refractivity contribution in [2.75, 3.05) is 6.54 Å². The van der Waals surface area contributed by atoms with Gasteiger partial charge in [0.05, 0.1) is 6.33 Å². The number of fused-ring (bicyclic) bond motifs is 1. The zero-order chi connectivity index (χ0) is 13.8. The maximum atomic E-state index is 4.09. The second-order valence-corrected chi connectivity index (χ2v) is 5.68. The number of imidazole rings is 1. The van der Waals surface area contributed by atoms with Gasteiger partial charge < -0.3 is 14.5 Å². The van der Waals surface area contributed by atoms with Crippen LogP contribution in [0.25, 0.3) is 0 Å². The van der Waals surface area contributed by atoms with Crippen molar-refractivity contribution >= 4 is 0 Å². The molecule has 2 aromatic heterocycles. The highest BCUT2D eigenvalue weighted by Crippen LogP contribution is 2.30. The molecule has 108 valence electrons. The fraction of sp³-hybridized carbons (Fsp3) is 0.562. The van der Waals surface area contributed by atoms with E-state index in [1.165, 1.54) is 36.8 Å². The van der Waals surface area contributed by atoms with Crippen molar-refractivity contribution in [1.82, 2.24) is 19.4 Å². The van der Waals surface area contributed by atoms with Gasteiger partial charge in [-0.2, -0.15) is 0 Å². The van der Waals surface area contributed by atoms with E-state index in [-0.39, 0.29) is 0 Å². The van der Waals surface area contributed by atoms with Crippen molar-refractivity contribution in [3.63, 3.8) is 0 Å². The van der Waals surface area contributed by atoms with Crippen LogP contribution < -0.4 is 5.32 Å². The average Bonchev–Trinajstić information content (AvgIpc) is 3.11. The SMILES string of the molecule is CCCNC1CCCc2cn(CCn3ccnc3)cc21. The fourth-order valence-corrected chi connectivity index (χ4v) is 3.06. The molecule has 4 heteroatoms. The van der Waals surface area contributed by atoms with Crippen LogP contribution in [0, 0.1) is 0 Å². The lowest BCUT2D eigenvalue weighted by Crippen LogP contribution is -2.24. The molecule has 0 bridgehead atoms. The molecule has 1 atom stereocenters. The standard InChI is InChI=1S/C16H24N4/c1-2-6-18-16-5-3-4-14-11-20(12-15(14)16)10-9-19-8-7-17-13-19/h7-8,11-13,16,18H,2-6,9-10H2,1H3. The molecule has 1 N–H and O–H groups in total. The van der Waals surface area contributed by atoms with Crippen molar-refractivity contribution in [3.8, 4) is 0 Å². The Morgan fingerprint density at radius 1 is 1.30 bits per heavy atom. The first-order chi connectivity index (χ1) is 9.86. The molecule has 0 amide bonds. The van der Waals surface area contributed by atoms with Crippen molar-refractivity contribution in [3.05, 3.63) is 42.2 Å². The summed E-state index contributed by atoms with van der Waals surface area (Å²) in [6, 6.07) is 0.563. The number of nitrogens with one attached hydrogen (secondary N) is 1. The number of rotatable bonds is 6. The molecule has 2 aromatic rings. The highest BCUT2D eigenvalue weighted by molar-refractivity contribution is 5.30. The third-order valence-corrected chi connectivity index (χ3v) is 4.13. The number of aromatic nitrogens is 3. The van der Waals surface area contributed by atoms with E-state index in [0.29, 0.717) is 6.04 Å². The molecule has 0 saturated carbocycles. The van der Waals surface area contributed by atoms with Gasteiger partial charge >= 0.3 is 0 Å². The lowest BCUT2D eigenvalue weighted by Gasteiger charge is -2.23. The molecule has 0 fully saturated rings. The highest BCUT2D eigenvalue weighted by Gasteiger charge is 2.21. The highest BCUT2D eigenvalue weighted by atomic mass is 15.1. The maximum Gasteiger partial charge on any atom is 0.0946 e. The van der Waals surface area contributed by atoms with Crippen LogP contribution in [-0.4, -0.2) is 20.7 Å². The molecule has 0 saturated heterocycles. The van der Waals surface area contributed by atoms with Crippen molar-refractivity contribution < 1.29 is 0 Å². The Bertz CT molecular complexity index is 527. The summed E-state index contributed by atoms with van der Waals surface area (Å²) in [6.07, 6.45) is 15.4. The van der Waals surface area contributed by atoms with Gasteiger partial charge in [0, 0.05) is 43.9 Å². The Hall–Kier alpha value is -1.55. The molecular formula is C16H24N4. The monoisotopic (exact) mass is 272 g/mol. The topological polar surface area (TPSA) is 34.8 Å². The largest absolute Gasteiger partial charge is 0.352 e. The first-order valence-electron chi connectivity index (χ1n) is 7.74. The van der Waals surface area contributed by atoms with Gasteiger partial charge in [-0.25, -0.2) is 4.98 Å². The van der Waals surface area contributed by atoms with E-state index in [9.17, 15) is 0 Å². The van der Waals surface area contributed by atoms with Crippen molar-refractivity contribution in [2.24, 2.45) is 0 Å². The normalized spacial score (nSPS) is 18.1. The summed E-state index contributed by atoms with van der Waals surface area (Å²) in [5.74, 6) is 0. The minimum atomic E-state index is 0.563. The van der Waals surface area contributed by atoms with Gasteiger partial charge in [-0.1, -0.05) is 6.92 Å². The molecule has 20 heavy (non-hydrogen) atoms. The molecule has 0 radical (unpaired) electrons. The van der Waals surface area contributed by atoms with Gasteiger partial charge in [0.1, 0.15) is 0 Å². The molecule has 0 spiro atoms. The van der Waals surface area contributed by atoms with Crippen LogP contribution in [-0.2, 0) is 19.5 Å². The Kier molecular flexibility index (Phi) is 4.21. The lowest BCUT2D eigenvalue weighted by molar-refractivity contribution is 0.461. The van der Waals surface area contributed by atoms with Crippen LogP contribution in [0.3, 0.4) is 0 Å². The third-order valence-electron chi connectivity index (χ3n) is 4.13. The number of hydrogen-bond donors (Lipinski definition) is 1. The molecule has 0 aromatic carbocycles. The summed E-state index contributed by atoms with van der Waals surface area (Å²) >= 11 is 0. The van der Waals surface area contributed by atoms with Crippen LogP contribution in [0.2, 0.25) is 0 Å². The summed E-state index contributed by atoms with van der Waals surface area (Å²) in [5.41, 5.74) is 3.06. The second-order valence-electron chi connectivity index (χ2n) is 5.68. The smallest absolute Gasteiger partial charge is 0.0946 e. The Labute approximate surface area is 120 Å². The molecule has 1 aliphatic rings. The molecule has 1 aliphatic carbocycles. The Morgan fingerprint density at radius 2 is 2.20 bits per heavy atom. The minimum absolute atomic E-state index is 0.563. The zero-order valence-corrected chi connectivity index (χ0v) is 12.3. The Morgan fingerprint density at radius 3 is 3.00 bits per heavy atom. The van der Waals surface area contributed by atoms with Gasteiger partial charge in [-0.05, 0) is 43.4 Å². The zero-order valence-electron chi connectivity index (χ0n) is 12.3. The first kappa shape index (κ1) is 13.4. The number of aryl methyl sites for hydroxylation is 3. The molecule has 4 nitrogen and oxygen atoms in total. The summed E-state index contributed by atoms with van der Waals surface area (Å²) < 4.78 is 4.47. The van der Waals surface area contributed by atoms with Crippen molar-refractivity contribution in [1.29, 1.82) is 0 Å². The minimum Gasteiger partial charge on any atom is -0.352 e. The summed E-state index contributed by atoms with van der Waals surface area (Å²) in [5, 5.41) is 3.68. The first-order valence-corrected chi connectivity index (χ1v) is 7.74. The van der Waals surface area contributed by atoms with Crippen LogP contribution >= 0.6 is 0 Å². The van der Waals surface area contributed by atoms with E-state index in [1.807, 2.05) is 18.7 Å². The van der Waals surface area contributed by atoms with E-state index in [2.05, 4.69) is 38.8 Å².